The number of carbonyl (C=O) groups excluding carboxylic acids is 1. The number of carboxylic acids is 1. The quantitative estimate of drug-likeness (QED) is 0.151. The molecule has 12 nitrogen and oxygen atoms in total. The zero-order valence-electron chi connectivity index (χ0n) is 20.6. The Labute approximate surface area is 226 Å². The monoisotopic (exact) mass is 576 g/mol. The van der Waals surface area contributed by atoms with Crippen molar-refractivity contribution in [2.24, 2.45) is 5.73 Å². The number of rotatable bonds is 15. The van der Waals surface area contributed by atoms with Crippen LogP contribution < -0.4 is 15.2 Å². The summed E-state index contributed by atoms with van der Waals surface area (Å²) in [6.07, 6.45) is 0.474. The first kappa shape index (κ1) is 29.9. The largest absolute Gasteiger partial charge is 0.480 e. The molecule has 0 aliphatic carbocycles. The highest BCUT2D eigenvalue weighted by molar-refractivity contribution is 7.89. The van der Waals surface area contributed by atoms with Crippen LogP contribution in [0.25, 0.3) is 11.1 Å². The van der Waals surface area contributed by atoms with Gasteiger partial charge in [0.15, 0.2) is 0 Å². The van der Waals surface area contributed by atoms with E-state index in [9.17, 15) is 26.4 Å². The summed E-state index contributed by atoms with van der Waals surface area (Å²) in [6, 6.07) is 19.3. The third-order valence-electron chi connectivity index (χ3n) is 5.48. The van der Waals surface area contributed by atoms with Gasteiger partial charge in [-0.2, -0.15) is 4.72 Å². The van der Waals surface area contributed by atoms with E-state index in [1.54, 1.807) is 12.1 Å². The molecule has 1 atom stereocenters. The van der Waals surface area contributed by atoms with Crippen LogP contribution in [0.2, 0.25) is 0 Å². The number of carbonyl (C=O) groups is 2. The number of sulfonamides is 2. The van der Waals surface area contributed by atoms with Gasteiger partial charge in [0.05, 0.1) is 16.3 Å². The molecule has 0 aliphatic heterocycles. The van der Waals surface area contributed by atoms with E-state index >= 15 is 0 Å². The van der Waals surface area contributed by atoms with E-state index in [1.165, 1.54) is 36.4 Å². The molecule has 208 valence electrons. The summed E-state index contributed by atoms with van der Waals surface area (Å²) in [4.78, 5) is 27.6. The van der Waals surface area contributed by atoms with Crippen molar-refractivity contribution >= 4 is 32.4 Å². The lowest BCUT2D eigenvalue weighted by Crippen LogP contribution is -2.45. The van der Waals surface area contributed by atoms with Gasteiger partial charge in [0.1, 0.15) is 12.6 Å². The van der Waals surface area contributed by atoms with E-state index in [0.29, 0.717) is 17.5 Å². The molecule has 0 aromatic heterocycles. The van der Waals surface area contributed by atoms with Crippen LogP contribution >= 0.6 is 0 Å². The number of hydroxylamine groups is 2. The van der Waals surface area contributed by atoms with Crippen molar-refractivity contribution < 1.29 is 36.4 Å². The molecule has 0 aliphatic rings. The molecule has 0 radical (unpaired) electrons. The van der Waals surface area contributed by atoms with Crippen LogP contribution in [0.5, 0.6) is 0 Å². The first-order valence-corrected chi connectivity index (χ1v) is 14.6. The normalized spacial score (nSPS) is 12.5. The molecule has 0 bridgehead atoms. The molecule has 0 spiro atoms. The average molecular weight is 577 g/mol. The Morgan fingerprint density at radius 2 is 1.44 bits per heavy atom. The Morgan fingerprint density at radius 1 is 0.897 bits per heavy atom. The molecule has 0 heterocycles. The lowest BCUT2D eigenvalue weighted by atomic mass is 10.1. The number of carboxylic acid groups (broad SMARTS) is 1. The molecule has 0 fully saturated rings. The summed E-state index contributed by atoms with van der Waals surface area (Å²) in [7, 11) is -7.98. The molecule has 3 rings (SSSR count). The first-order chi connectivity index (χ1) is 18.6. The molecule has 0 unspecified atom stereocenters. The average Bonchev–Trinajstić information content (AvgIpc) is 2.94. The van der Waals surface area contributed by atoms with E-state index < -0.39 is 38.6 Å². The van der Waals surface area contributed by atoms with Crippen LogP contribution in [-0.4, -0.2) is 65.1 Å². The van der Waals surface area contributed by atoms with E-state index in [-0.39, 0.29) is 29.5 Å². The second-order valence-corrected chi connectivity index (χ2v) is 11.7. The number of benzene rings is 3. The Balaban J connectivity index is 1.59. The Kier molecular flexibility index (Phi) is 10.3. The fourth-order valence-corrected chi connectivity index (χ4v) is 5.58. The van der Waals surface area contributed by atoms with Gasteiger partial charge in [-0.25, -0.2) is 26.6 Å². The van der Waals surface area contributed by atoms with Crippen molar-refractivity contribution in [2.45, 2.75) is 22.4 Å². The third-order valence-corrected chi connectivity index (χ3v) is 8.44. The highest BCUT2D eigenvalue weighted by Gasteiger charge is 2.24. The fourth-order valence-electron chi connectivity index (χ4n) is 3.36. The molecule has 1 amide bonds. The summed E-state index contributed by atoms with van der Waals surface area (Å²) < 4.78 is 54.6. The van der Waals surface area contributed by atoms with Crippen molar-refractivity contribution in [1.82, 2.24) is 14.5 Å². The molecular weight excluding hydrogens is 548 g/mol. The molecule has 14 heteroatoms. The van der Waals surface area contributed by atoms with Crippen molar-refractivity contribution in [3.63, 3.8) is 0 Å². The van der Waals surface area contributed by atoms with Crippen LogP contribution in [0.1, 0.15) is 5.56 Å². The third kappa shape index (κ3) is 8.41. The second kappa shape index (κ2) is 13.4. The van der Waals surface area contributed by atoms with Gasteiger partial charge in [-0.05, 0) is 41.0 Å². The Morgan fingerprint density at radius 3 is 1.92 bits per heavy atom. The minimum atomic E-state index is -4.11. The summed E-state index contributed by atoms with van der Waals surface area (Å²) in [6.45, 7) is -0.327. The maximum Gasteiger partial charge on any atom is 0.323 e. The number of nitrogens with two attached hydrogens (primary N) is 1. The SMILES string of the molecule is NC[C@H](NS(=O)(=O)c1ccc(-c2ccc(S(=O)(=O)NCCN(C=O)OCc3ccccc3)cc2)cc1)C(=O)O. The predicted octanol–water partition coefficient (Wildman–Crippen LogP) is 0.912. The smallest absolute Gasteiger partial charge is 0.323 e. The zero-order chi connectivity index (χ0) is 28.5. The lowest BCUT2D eigenvalue weighted by molar-refractivity contribution is -0.176. The first-order valence-electron chi connectivity index (χ1n) is 11.6. The summed E-state index contributed by atoms with van der Waals surface area (Å²) in [5.74, 6) is -1.39. The second-order valence-electron chi connectivity index (χ2n) is 8.20. The van der Waals surface area contributed by atoms with Crippen LogP contribution in [0, 0.1) is 0 Å². The summed E-state index contributed by atoms with van der Waals surface area (Å²) >= 11 is 0. The van der Waals surface area contributed by atoms with Gasteiger partial charge in [-0.1, -0.05) is 54.6 Å². The Hall–Kier alpha value is -3.66. The van der Waals surface area contributed by atoms with Crippen molar-refractivity contribution in [1.29, 1.82) is 0 Å². The van der Waals surface area contributed by atoms with Gasteiger partial charge in [0.25, 0.3) is 0 Å². The van der Waals surface area contributed by atoms with Crippen LogP contribution in [-0.2, 0) is 41.1 Å². The van der Waals surface area contributed by atoms with Gasteiger partial charge >= 0.3 is 5.97 Å². The number of hydrogen-bond donors (Lipinski definition) is 4. The maximum atomic E-state index is 12.7. The molecule has 39 heavy (non-hydrogen) atoms. The van der Waals surface area contributed by atoms with Gasteiger partial charge in [-0.3, -0.25) is 14.4 Å². The van der Waals surface area contributed by atoms with Crippen molar-refractivity contribution in [3.05, 3.63) is 84.4 Å². The number of aliphatic carboxylic acids is 1. The van der Waals surface area contributed by atoms with E-state index in [2.05, 4.69) is 4.72 Å². The highest BCUT2D eigenvalue weighted by atomic mass is 32.2. The standard InChI is InChI=1S/C25H28N4O8S2/c26-16-24(25(31)32)28-39(35,36)23-12-8-21(9-13-23)20-6-10-22(11-7-20)38(33,34)27-14-15-29(18-30)37-17-19-4-2-1-3-5-19/h1-13,18,24,27-28H,14-17,26H2,(H,31,32)/t24-/m0/s1. The van der Waals surface area contributed by atoms with Crippen LogP contribution in [0.4, 0.5) is 0 Å². The molecule has 5 N–H and O–H groups in total. The zero-order valence-corrected chi connectivity index (χ0v) is 22.3. The molecule has 3 aromatic carbocycles. The number of amides is 1. The number of hydrogen-bond acceptors (Lipinski definition) is 8. The maximum absolute atomic E-state index is 12.7. The predicted molar refractivity (Wildman–Crippen MR) is 142 cm³/mol. The fraction of sp³-hybridized carbons (Fsp3) is 0.200. The van der Waals surface area contributed by atoms with E-state index in [4.69, 9.17) is 15.7 Å². The molecule has 3 aromatic rings. The number of nitrogens with one attached hydrogen (secondary N) is 2. The topological polar surface area (TPSA) is 185 Å². The van der Waals surface area contributed by atoms with Crippen LogP contribution in [0.3, 0.4) is 0 Å². The van der Waals surface area contributed by atoms with Crippen molar-refractivity contribution in [2.75, 3.05) is 19.6 Å². The van der Waals surface area contributed by atoms with E-state index in [0.717, 1.165) is 10.6 Å². The van der Waals surface area contributed by atoms with Crippen LogP contribution in [0.15, 0.2) is 88.7 Å². The lowest BCUT2D eigenvalue weighted by Gasteiger charge is -2.17. The van der Waals surface area contributed by atoms with Gasteiger partial charge < -0.3 is 10.8 Å². The summed E-state index contributed by atoms with van der Waals surface area (Å²) in [5.41, 5.74) is 7.39. The molecule has 0 saturated carbocycles. The van der Waals surface area contributed by atoms with Gasteiger partial charge in [0.2, 0.25) is 26.5 Å². The van der Waals surface area contributed by atoms with E-state index in [1.807, 2.05) is 35.1 Å². The molecule has 0 saturated heterocycles. The minimum absolute atomic E-state index is 0.000924. The van der Waals surface area contributed by atoms with Gasteiger partial charge in [0, 0.05) is 13.1 Å². The minimum Gasteiger partial charge on any atom is -0.480 e. The van der Waals surface area contributed by atoms with Crippen molar-refractivity contribution in [3.8, 4) is 11.1 Å². The molecular formula is C25H28N4O8S2. The number of nitrogens with zero attached hydrogens (tertiary/aromatic N) is 1. The summed E-state index contributed by atoms with van der Waals surface area (Å²) in [5, 5.41) is 10.0. The highest BCUT2D eigenvalue weighted by Crippen LogP contribution is 2.23. The Bertz CT molecular complexity index is 1460. The van der Waals surface area contributed by atoms with Gasteiger partial charge in [-0.15, -0.1) is 0 Å².